The third-order valence-electron chi connectivity index (χ3n) is 5.57. The molecular formula is C22H29FN8O. The van der Waals surface area contributed by atoms with Crippen molar-refractivity contribution in [3.8, 4) is 0 Å². The molecule has 4 heterocycles. The highest BCUT2D eigenvalue weighted by Gasteiger charge is 2.40. The van der Waals surface area contributed by atoms with Gasteiger partial charge in [0.2, 0.25) is 11.9 Å². The van der Waals surface area contributed by atoms with Crippen LogP contribution in [0.25, 0.3) is 0 Å². The Bertz CT molecular complexity index is 1090. The lowest BCUT2D eigenvalue weighted by molar-refractivity contribution is 0.107. The lowest BCUT2D eigenvalue weighted by atomic mass is 9.83. The number of pyridine rings is 1. The molecule has 0 amide bonds. The number of nitrogens with one attached hydrogen (secondary N) is 2. The zero-order valence-electron chi connectivity index (χ0n) is 19.0. The topological polar surface area (TPSA) is 104 Å². The van der Waals surface area contributed by atoms with Crippen molar-refractivity contribution in [1.82, 2.24) is 24.7 Å². The Balaban J connectivity index is 1.47. The smallest absolute Gasteiger partial charge is 0.225 e. The number of fused-ring (bicyclic) bond motifs is 1. The van der Waals surface area contributed by atoms with Gasteiger partial charge in [0.05, 0.1) is 24.5 Å². The van der Waals surface area contributed by atoms with Crippen LogP contribution < -0.4 is 15.5 Å². The van der Waals surface area contributed by atoms with Gasteiger partial charge in [0.15, 0.2) is 5.82 Å². The molecule has 3 aromatic rings. The first kappa shape index (κ1) is 21.9. The third kappa shape index (κ3) is 4.50. The Kier molecular flexibility index (Phi) is 5.72. The van der Waals surface area contributed by atoms with Gasteiger partial charge in [-0.3, -0.25) is 4.68 Å². The molecule has 0 radical (unpaired) electrons. The van der Waals surface area contributed by atoms with E-state index >= 15 is 0 Å². The highest BCUT2D eigenvalue weighted by molar-refractivity contribution is 5.72. The van der Waals surface area contributed by atoms with Gasteiger partial charge in [-0.25, -0.2) is 9.97 Å². The number of halogens is 1. The van der Waals surface area contributed by atoms with Gasteiger partial charge in [-0.05, 0) is 24.0 Å². The molecule has 3 aromatic heterocycles. The number of hydrogen-bond donors (Lipinski definition) is 3. The standard InChI is InChI=1S/C22H29FN8O/c1-13-17-19(30(5)18(20(32)28-17)22(2,3)4)29-21(27-13)25-9-15-10-26-31(12-15)11-14-6-7-16(23)24-8-14/h6-8,10,12,18,20,28,32H,9,11H2,1-5H3,(H,25,27,29)/t18-,20?/m1/s1. The summed E-state index contributed by atoms with van der Waals surface area (Å²) in [6, 6.07) is 2.89. The Morgan fingerprint density at radius 3 is 2.66 bits per heavy atom. The molecule has 0 fully saturated rings. The summed E-state index contributed by atoms with van der Waals surface area (Å²) in [6.45, 7) is 9.19. The van der Waals surface area contributed by atoms with E-state index in [0.717, 1.165) is 28.3 Å². The fourth-order valence-electron chi connectivity index (χ4n) is 4.14. The summed E-state index contributed by atoms with van der Waals surface area (Å²) >= 11 is 0. The molecule has 9 nitrogen and oxygen atoms in total. The molecule has 0 bridgehead atoms. The molecule has 0 saturated heterocycles. The van der Waals surface area contributed by atoms with Gasteiger partial charge in [-0.1, -0.05) is 26.8 Å². The summed E-state index contributed by atoms with van der Waals surface area (Å²) in [5, 5.41) is 21.4. The third-order valence-corrected chi connectivity index (χ3v) is 5.57. The van der Waals surface area contributed by atoms with Crippen molar-refractivity contribution < 1.29 is 9.50 Å². The van der Waals surface area contributed by atoms with Gasteiger partial charge < -0.3 is 20.6 Å². The van der Waals surface area contributed by atoms with Crippen LogP contribution in [-0.2, 0) is 13.1 Å². The van der Waals surface area contributed by atoms with Crippen molar-refractivity contribution in [3.63, 3.8) is 0 Å². The molecule has 0 spiro atoms. The maximum absolute atomic E-state index is 13.0. The van der Waals surface area contributed by atoms with Gasteiger partial charge in [-0.15, -0.1) is 0 Å². The molecule has 2 atom stereocenters. The monoisotopic (exact) mass is 440 g/mol. The number of nitrogens with zero attached hydrogens (tertiary/aromatic N) is 6. The van der Waals surface area contributed by atoms with E-state index in [1.54, 1.807) is 16.9 Å². The van der Waals surface area contributed by atoms with Gasteiger partial charge in [-0.2, -0.15) is 14.5 Å². The summed E-state index contributed by atoms with van der Waals surface area (Å²) in [5.74, 6) is 0.766. The first-order valence-corrected chi connectivity index (χ1v) is 10.5. The van der Waals surface area contributed by atoms with E-state index in [2.05, 4.69) is 46.5 Å². The summed E-state index contributed by atoms with van der Waals surface area (Å²) < 4.78 is 14.8. The highest BCUT2D eigenvalue weighted by Crippen LogP contribution is 2.39. The second-order valence-electron chi connectivity index (χ2n) is 9.23. The Morgan fingerprint density at radius 1 is 1.19 bits per heavy atom. The Hall–Kier alpha value is -3.27. The summed E-state index contributed by atoms with van der Waals surface area (Å²) in [4.78, 5) is 14.9. The van der Waals surface area contributed by atoms with Gasteiger partial charge >= 0.3 is 0 Å². The SMILES string of the molecule is Cc1nc(NCc2cnn(Cc3ccc(F)nc3)c2)nc2c1NC(O)[C@H](C(C)(C)C)N2C. The molecule has 1 aliphatic heterocycles. The largest absolute Gasteiger partial charge is 0.372 e. The maximum Gasteiger partial charge on any atom is 0.225 e. The Morgan fingerprint density at radius 2 is 1.97 bits per heavy atom. The quantitative estimate of drug-likeness (QED) is 0.521. The number of aliphatic hydroxyl groups excluding tert-OH is 1. The van der Waals surface area contributed by atoms with Crippen LogP contribution in [-0.4, -0.2) is 49.2 Å². The van der Waals surface area contributed by atoms with Crippen LogP contribution in [0.15, 0.2) is 30.7 Å². The van der Waals surface area contributed by atoms with Crippen molar-refractivity contribution in [3.05, 3.63) is 53.5 Å². The van der Waals surface area contributed by atoms with Crippen LogP contribution in [0.3, 0.4) is 0 Å². The van der Waals surface area contributed by atoms with E-state index in [1.807, 2.05) is 25.1 Å². The molecular weight excluding hydrogens is 411 g/mol. The number of rotatable bonds is 5. The van der Waals surface area contributed by atoms with E-state index in [1.165, 1.54) is 12.3 Å². The van der Waals surface area contributed by atoms with E-state index in [-0.39, 0.29) is 11.5 Å². The van der Waals surface area contributed by atoms with Crippen molar-refractivity contribution in [2.45, 2.75) is 53.1 Å². The lowest BCUT2D eigenvalue weighted by Crippen LogP contribution is -2.56. The molecule has 32 heavy (non-hydrogen) atoms. The average molecular weight is 441 g/mol. The van der Waals surface area contributed by atoms with Crippen LogP contribution in [0.1, 0.15) is 37.6 Å². The molecule has 1 aliphatic rings. The molecule has 0 aromatic carbocycles. The first-order valence-electron chi connectivity index (χ1n) is 10.5. The summed E-state index contributed by atoms with van der Waals surface area (Å²) in [7, 11) is 1.95. The summed E-state index contributed by atoms with van der Waals surface area (Å²) in [5.41, 5.74) is 3.18. The fraction of sp³-hybridized carbons (Fsp3) is 0.455. The minimum absolute atomic E-state index is 0.142. The number of anilines is 3. The van der Waals surface area contributed by atoms with Gasteiger partial charge in [0, 0.05) is 31.5 Å². The predicted octanol–water partition coefficient (Wildman–Crippen LogP) is 2.77. The second-order valence-corrected chi connectivity index (χ2v) is 9.23. The Labute approximate surface area is 186 Å². The number of aryl methyl sites for hydroxylation is 1. The van der Waals surface area contributed by atoms with Gasteiger partial charge in [0.1, 0.15) is 11.9 Å². The van der Waals surface area contributed by atoms with E-state index in [0.29, 0.717) is 19.0 Å². The number of hydrogen-bond acceptors (Lipinski definition) is 8. The molecule has 4 rings (SSSR count). The molecule has 170 valence electrons. The lowest BCUT2D eigenvalue weighted by Gasteiger charge is -2.46. The molecule has 1 unspecified atom stereocenters. The van der Waals surface area contributed by atoms with E-state index in [4.69, 9.17) is 4.98 Å². The number of aromatic nitrogens is 5. The van der Waals surface area contributed by atoms with Crippen molar-refractivity contribution in [1.29, 1.82) is 0 Å². The maximum atomic E-state index is 13.0. The minimum Gasteiger partial charge on any atom is -0.372 e. The van der Waals surface area contributed by atoms with Crippen molar-refractivity contribution in [2.24, 2.45) is 5.41 Å². The van der Waals surface area contributed by atoms with Crippen LogP contribution in [0.2, 0.25) is 0 Å². The first-order chi connectivity index (χ1) is 15.1. The summed E-state index contributed by atoms with van der Waals surface area (Å²) in [6.07, 6.45) is 4.48. The highest BCUT2D eigenvalue weighted by atomic mass is 19.1. The average Bonchev–Trinajstić information content (AvgIpc) is 3.15. The van der Waals surface area contributed by atoms with Crippen molar-refractivity contribution in [2.75, 3.05) is 22.6 Å². The predicted molar refractivity (Wildman–Crippen MR) is 121 cm³/mol. The minimum atomic E-state index is -0.712. The molecule has 10 heteroatoms. The van der Waals surface area contributed by atoms with Crippen LogP contribution in [0.5, 0.6) is 0 Å². The van der Waals surface area contributed by atoms with E-state index in [9.17, 15) is 9.50 Å². The van der Waals surface area contributed by atoms with Crippen LogP contribution >= 0.6 is 0 Å². The van der Waals surface area contributed by atoms with Crippen molar-refractivity contribution >= 4 is 17.5 Å². The number of likely N-dealkylation sites (N-methyl/N-ethyl adjacent to an activating group) is 1. The van der Waals surface area contributed by atoms with Gasteiger partial charge in [0.25, 0.3) is 0 Å². The van der Waals surface area contributed by atoms with Crippen LogP contribution in [0.4, 0.5) is 21.8 Å². The molecule has 0 saturated carbocycles. The zero-order chi connectivity index (χ0) is 23.0. The zero-order valence-corrected chi connectivity index (χ0v) is 19.0. The fourth-order valence-corrected chi connectivity index (χ4v) is 4.14. The number of aliphatic hydroxyl groups is 1. The molecule has 3 N–H and O–H groups in total. The second kappa shape index (κ2) is 8.34. The molecule has 0 aliphatic carbocycles. The van der Waals surface area contributed by atoms with Crippen LogP contribution in [0, 0.1) is 18.3 Å². The normalized spacial score (nSPS) is 18.3. The van der Waals surface area contributed by atoms with E-state index < -0.39 is 12.2 Å².